The summed E-state index contributed by atoms with van der Waals surface area (Å²) in [6.07, 6.45) is 2.28. The second-order valence-corrected chi connectivity index (χ2v) is 6.92. The number of hydrogen-bond acceptors (Lipinski definition) is 4. The zero-order chi connectivity index (χ0) is 16.8. The Balaban J connectivity index is 1.46. The van der Waals surface area contributed by atoms with Crippen LogP contribution in [0.1, 0.15) is 24.8 Å². The van der Waals surface area contributed by atoms with Gasteiger partial charge in [-0.1, -0.05) is 30.3 Å². The molecular weight excluding hydrogens is 304 g/mol. The SMILES string of the molecule is O=C(CC1CN(Cc2ccccc2)CCO1)N1CCC(CO)CC1. The lowest BCUT2D eigenvalue weighted by Gasteiger charge is -2.35. The lowest BCUT2D eigenvalue weighted by atomic mass is 9.97. The molecule has 3 rings (SSSR count). The van der Waals surface area contributed by atoms with E-state index >= 15 is 0 Å². The van der Waals surface area contributed by atoms with Crippen LogP contribution in [0, 0.1) is 5.92 Å². The van der Waals surface area contributed by atoms with Crippen molar-refractivity contribution in [1.82, 2.24) is 9.80 Å². The molecule has 2 aliphatic rings. The molecule has 2 aliphatic heterocycles. The van der Waals surface area contributed by atoms with Crippen LogP contribution in [0.4, 0.5) is 0 Å². The van der Waals surface area contributed by atoms with E-state index < -0.39 is 0 Å². The third-order valence-corrected chi connectivity index (χ3v) is 5.10. The number of ether oxygens (including phenoxy) is 1. The normalized spacial score (nSPS) is 23.4. The minimum Gasteiger partial charge on any atom is -0.396 e. The number of benzene rings is 1. The Morgan fingerprint density at radius 2 is 1.92 bits per heavy atom. The summed E-state index contributed by atoms with van der Waals surface area (Å²) < 4.78 is 5.82. The Kier molecular flexibility index (Phi) is 6.24. The van der Waals surface area contributed by atoms with Crippen LogP contribution in [-0.2, 0) is 16.1 Å². The maximum atomic E-state index is 12.5. The lowest BCUT2D eigenvalue weighted by Crippen LogP contribution is -2.46. The highest BCUT2D eigenvalue weighted by Gasteiger charge is 2.27. The fourth-order valence-corrected chi connectivity index (χ4v) is 3.58. The molecule has 2 fully saturated rings. The average Bonchev–Trinajstić information content (AvgIpc) is 2.63. The molecule has 1 N–H and O–H groups in total. The molecule has 1 amide bonds. The molecule has 0 spiro atoms. The van der Waals surface area contributed by atoms with E-state index in [1.54, 1.807) is 0 Å². The Morgan fingerprint density at radius 1 is 1.17 bits per heavy atom. The Labute approximate surface area is 144 Å². The second-order valence-electron chi connectivity index (χ2n) is 6.92. The quantitative estimate of drug-likeness (QED) is 0.888. The standard InChI is InChI=1S/C19H28N2O3/c22-15-17-6-8-21(9-7-17)19(23)12-18-14-20(10-11-24-18)13-16-4-2-1-3-5-16/h1-5,17-18,22H,6-15H2. The summed E-state index contributed by atoms with van der Waals surface area (Å²) in [5, 5.41) is 9.20. The van der Waals surface area contributed by atoms with Gasteiger partial charge < -0.3 is 14.7 Å². The molecule has 0 aromatic heterocycles. The maximum absolute atomic E-state index is 12.5. The summed E-state index contributed by atoms with van der Waals surface area (Å²) in [4.78, 5) is 16.8. The first-order valence-corrected chi connectivity index (χ1v) is 9.01. The Bertz CT molecular complexity index is 515. The van der Waals surface area contributed by atoms with Crippen molar-refractivity contribution in [1.29, 1.82) is 0 Å². The molecule has 2 heterocycles. The minimum atomic E-state index is -0.00877. The number of aliphatic hydroxyl groups is 1. The fraction of sp³-hybridized carbons (Fsp3) is 0.632. The van der Waals surface area contributed by atoms with Crippen LogP contribution in [0.25, 0.3) is 0 Å². The molecule has 132 valence electrons. The topological polar surface area (TPSA) is 53.0 Å². The number of carbonyl (C=O) groups excluding carboxylic acids is 1. The molecule has 0 saturated carbocycles. The van der Waals surface area contributed by atoms with Gasteiger partial charge in [-0.15, -0.1) is 0 Å². The number of hydrogen-bond donors (Lipinski definition) is 1. The van der Waals surface area contributed by atoms with Gasteiger partial charge in [0.15, 0.2) is 0 Å². The number of nitrogens with zero attached hydrogens (tertiary/aromatic N) is 2. The van der Waals surface area contributed by atoms with Gasteiger partial charge in [0, 0.05) is 39.3 Å². The fourth-order valence-electron chi connectivity index (χ4n) is 3.58. The summed E-state index contributed by atoms with van der Waals surface area (Å²) in [5.74, 6) is 0.555. The van der Waals surface area contributed by atoms with Gasteiger partial charge in [-0.3, -0.25) is 9.69 Å². The van der Waals surface area contributed by atoms with Crippen molar-refractivity contribution in [2.45, 2.75) is 31.9 Å². The van der Waals surface area contributed by atoms with Gasteiger partial charge >= 0.3 is 0 Å². The van der Waals surface area contributed by atoms with Crippen LogP contribution in [0.15, 0.2) is 30.3 Å². The molecule has 1 aromatic rings. The van der Waals surface area contributed by atoms with Crippen molar-refractivity contribution in [3.8, 4) is 0 Å². The van der Waals surface area contributed by atoms with Gasteiger partial charge in [-0.2, -0.15) is 0 Å². The number of piperidine rings is 1. The molecule has 0 aliphatic carbocycles. The lowest BCUT2D eigenvalue weighted by molar-refractivity contribution is -0.137. The van der Waals surface area contributed by atoms with E-state index in [9.17, 15) is 9.90 Å². The predicted molar refractivity (Wildman–Crippen MR) is 92.5 cm³/mol. The summed E-state index contributed by atoms with van der Waals surface area (Å²) in [7, 11) is 0. The van der Waals surface area contributed by atoms with Crippen LogP contribution in [0.2, 0.25) is 0 Å². The summed E-state index contributed by atoms with van der Waals surface area (Å²) in [6, 6.07) is 10.4. The van der Waals surface area contributed by atoms with Crippen molar-refractivity contribution in [2.75, 3.05) is 39.4 Å². The molecular formula is C19H28N2O3. The largest absolute Gasteiger partial charge is 0.396 e. The summed E-state index contributed by atoms with van der Waals surface area (Å²) >= 11 is 0. The zero-order valence-electron chi connectivity index (χ0n) is 14.3. The number of aliphatic hydroxyl groups excluding tert-OH is 1. The first-order valence-electron chi connectivity index (χ1n) is 9.01. The number of likely N-dealkylation sites (tertiary alicyclic amines) is 1. The minimum absolute atomic E-state index is 0.00877. The third kappa shape index (κ3) is 4.79. The first kappa shape index (κ1) is 17.4. The maximum Gasteiger partial charge on any atom is 0.225 e. The van der Waals surface area contributed by atoms with Crippen molar-refractivity contribution in [3.63, 3.8) is 0 Å². The number of carbonyl (C=O) groups is 1. The molecule has 2 saturated heterocycles. The monoisotopic (exact) mass is 332 g/mol. The van der Waals surface area contributed by atoms with Gasteiger partial charge in [0.1, 0.15) is 0 Å². The van der Waals surface area contributed by atoms with E-state index in [2.05, 4.69) is 29.2 Å². The Morgan fingerprint density at radius 3 is 2.62 bits per heavy atom. The molecule has 5 nitrogen and oxygen atoms in total. The molecule has 0 radical (unpaired) electrons. The van der Waals surface area contributed by atoms with Crippen molar-refractivity contribution >= 4 is 5.91 Å². The van der Waals surface area contributed by atoms with Crippen LogP contribution in [0.5, 0.6) is 0 Å². The van der Waals surface area contributed by atoms with Gasteiger partial charge in [0.25, 0.3) is 0 Å². The van der Waals surface area contributed by atoms with Gasteiger partial charge in [-0.25, -0.2) is 0 Å². The number of rotatable bonds is 5. The zero-order valence-corrected chi connectivity index (χ0v) is 14.3. The van der Waals surface area contributed by atoms with E-state index in [1.165, 1.54) is 5.56 Å². The summed E-state index contributed by atoms with van der Waals surface area (Å²) in [5.41, 5.74) is 1.30. The van der Waals surface area contributed by atoms with E-state index in [4.69, 9.17) is 4.74 Å². The van der Waals surface area contributed by atoms with E-state index in [0.717, 1.165) is 45.6 Å². The van der Waals surface area contributed by atoms with E-state index in [-0.39, 0.29) is 18.6 Å². The highest BCUT2D eigenvalue weighted by molar-refractivity contribution is 5.76. The van der Waals surface area contributed by atoms with E-state index in [1.807, 2.05) is 11.0 Å². The van der Waals surface area contributed by atoms with Gasteiger partial charge in [0.05, 0.1) is 19.1 Å². The molecule has 24 heavy (non-hydrogen) atoms. The number of morpholine rings is 1. The van der Waals surface area contributed by atoms with Gasteiger partial charge in [-0.05, 0) is 24.3 Å². The summed E-state index contributed by atoms with van der Waals surface area (Å²) in [6.45, 7) is 5.11. The average molecular weight is 332 g/mol. The first-order chi connectivity index (χ1) is 11.7. The second kappa shape index (κ2) is 8.60. The smallest absolute Gasteiger partial charge is 0.225 e. The molecule has 0 bridgehead atoms. The van der Waals surface area contributed by atoms with Crippen molar-refractivity contribution < 1.29 is 14.6 Å². The molecule has 1 aromatic carbocycles. The third-order valence-electron chi connectivity index (χ3n) is 5.10. The molecule has 1 unspecified atom stereocenters. The molecule has 5 heteroatoms. The van der Waals surface area contributed by atoms with Gasteiger partial charge in [0.2, 0.25) is 5.91 Å². The van der Waals surface area contributed by atoms with Crippen LogP contribution in [0.3, 0.4) is 0 Å². The van der Waals surface area contributed by atoms with Crippen molar-refractivity contribution in [3.05, 3.63) is 35.9 Å². The van der Waals surface area contributed by atoms with Crippen LogP contribution < -0.4 is 0 Å². The van der Waals surface area contributed by atoms with E-state index in [0.29, 0.717) is 18.9 Å². The highest BCUT2D eigenvalue weighted by atomic mass is 16.5. The highest BCUT2D eigenvalue weighted by Crippen LogP contribution is 2.19. The Hall–Kier alpha value is -1.43. The number of amides is 1. The van der Waals surface area contributed by atoms with Crippen molar-refractivity contribution in [2.24, 2.45) is 5.92 Å². The van der Waals surface area contributed by atoms with Crippen LogP contribution in [-0.4, -0.2) is 66.3 Å². The molecule has 1 atom stereocenters. The van der Waals surface area contributed by atoms with Crippen LogP contribution >= 0.6 is 0 Å². The predicted octanol–water partition coefficient (Wildman–Crippen LogP) is 1.51.